The first-order valence-corrected chi connectivity index (χ1v) is 15.1. The lowest BCUT2D eigenvalue weighted by molar-refractivity contribution is -0.154. The van der Waals surface area contributed by atoms with Crippen LogP contribution in [0, 0.1) is 0 Å². The first kappa shape index (κ1) is 29.2. The van der Waals surface area contributed by atoms with E-state index in [0.29, 0.717) is 24.1 Å². The van der Waals surface area contributed by atoms with Crippen molar-refractivity contribution in [2.45, 2.75) is 83.7 Å². The Morgan fingerprint density at radius 3 is 2.62 bits per heavy atom. The minimum Gasteiger partial charge on any atom is -0.460 e. The Balaban J connectivity index is 1.56. The molecule has 210 valence electrons. The number of aromatic nitrogens is 3. The number of nitrogen functional groups attached to an aromatic ring is 1. The van der Waals surface area contributed by atoms with Crippen LogP contribution in [0.2, 0.25) is 0 Å². The summed E-state index contributed by atoms with van der Waals surface area (Å²) in [7, 11) is 0. The van der Waals surface area contributed by atoms with E-state index >= 15 is 0 Å². The van der Waals surface area contributed by atoms with Crippen LogP contribution >= 0.6 is 11.9 Å². The minimum atomic E-state index is -0.435. The van der Waals surface area contributed by atoms with Crippen molar-refractivity contribution < 1.29 is 14.3 Å². The number of nitrogens with zero attached hydrogens (tertiary/aromatic N) is 3. The number of carbonyl (C=O) groups excluding carboxylic acids is 1. The van der Waals surface area contributed by atoms with Gasteiger partial charge in [0.05, 0.1) is 6.20 Å². The highest BCUT2D eigenvalue weighted by Gasteiger charge is 2.22. The molecule has 1 atom stereocenters. The zero-order chi connectivity index (χ0) is 28.0. The normalized spacial score (nSPS) is 15.3. The number of carbonyl (C=O) groups is 1. The molecule has 1 aliphatic rings. The van der Waals surface area contributed by atoms with Crippen LogP contribution < -0.4 is 5.73 Å². The largest absolute Gasteiger partial charge is 0.460 e. The van der Waals surface area contributed by atoms with Gasteiger partial charge in [0, 0.05) is 55.0 Å². The van der Waals surface area contributed by atoms with E-state index in [9.17, 15) is 4.79 Å². The molecule has 3 heterocycles. The molecule has 4 rings (SSSR count). The van der Waals surface area contributed by atoms with Gasteiger partial charge in [0.1, 0.15) is 11.4 Å². The molecule has 0 amide bonds. The van der Waals surface area contributed by atoms with Crippen molar-refractivity contribution in [1.29, 1.82) is 0 Å². The second kappa shape index (κ2) is 13.0. The minimum absolute atomic E-state index is 0.116. The maximum absolute atomic E-state index is 12.2. The van der Waals surface area contributed by atoms with E-state index < -0.39 is 5.60 Å². The molecule has 1 unspecified atom stereocenters. The second-order valence-electron chi connectivity index (χ2n) is 11.4. The molecule has 1 aliphatic heterocycles. The van der Waals surface area contributed by atoms with Crippen molar-refractivity contribution in [3.8, 4) is 22.3 Å². The van der Waals surface area contributed by atoms with Gasteiger partial charge in [-0.1, -0.05) is 31.5 Å². The SMILES string of the molecule is CSn1cc(-c2cc(-c3ccc(C4CCOCC4)c(C(C)CCCCC(=O)OC(C)(C)C)c3)cnc2N)cn1. The predicted molar refractivity (Wildman–Crippen MR) is 160 cm³/mol. The molecule has 1 aromatic carbocycles. The maximum Gasteiger partial charge on any atom is 0.306 e. The molecule has 7 nitrogen and oxygen atoms in total. The van der Waals surface area contributed by atoms with Crippen LogP contribution in [0.25, 0.3) is 22.3 Å². The van der Waals surface area contributed by atoms with E-state index in [1.54, 1.807) is 0 Å². The average molecular weight is 551 g/mol. The molecule has 3 aromatic rings. The predicted octanol–water partition coefficient (Wildman–Crippen LogP) is 7.22. The summed E-state index contributed by atoms with van der Waals surface area (Å²) in [5, 5.41) is 4.38. The third-order valence-corrected chi connectivity index (χ3v) is 7.85. The molecule has 0 aliphatic carbocycles. The molecule has 1 fully saturated rings. The summed E-state index contributed by atoms with van der Waals surface area (Å²) in [5.74, 6) is 1.25. The maximum atomic E-state index is 12.2. The van der Waals surface area contributed by atoms with Crippen LogP contribution in [0.15, 0.2) is 42.9 Å². The van der Waals surface area contributed by atoms with E-state index in [2.05, 4.69) is 41.3 Å². The highest BCUT2D eigenvalue weighted by Crippen LogP contribution is 2.38. The molecule has 0 saturated carbocycles. The highest BCUT2D eigenvalue weighted by molar-refractivity contribution is 7.97. The number of nitrogens with two attached hydrogens (primary N) is 1. The Kier molecular flexibility index (Phi) is 9.72. The summed E-state index contributed by atoms with van der Waals surface area (Å²) in [4.78, 5) is 16.7. The van der Waals surface area contributed by atoms with E-state index in [0.717, 1.165) is 67.6 Å². The molecule has 1 saturated heterocycles. The zero-order valence-corrected chi connectivity index (χ0v) is 24.7. The number of hydrogen-bond donors (Lipinski definition) is 1. The van der Waals surface area contributed by atoms with Crippen LogP contribution in [-0.2, 0) is 14.3 Å². The zero-order valence-electron chi connectivity index (χ0n) is 23.9. The first-order chi connectivity index (χ1) is 18.6. The molecule has 8 heteroatoms. The van der Waals surface area contributed by atoms with Gasteiger partial charge >= 0.3 is 5.97 Å². The van der Waals surface area contributed by atoms with Gasteiger partial charge in [0.15, 0.2) is 0 Å². The fourth-order valence-electron chi connectivity index (χ4n) is 5.24. The number of rotatable bonds is 10. The fourth-order valence-corrected chi connectivity index (χ4v) is 5.60. The Morgan fingerprint density at radius 2 is 1.92 bits per heavy atom. The Labute approximate surface area is 237 Å². The van der Waals surface area contributed by atoms with Gasteiger partial charge in [0.25, 0.3) is 0 Å². The molecule has 0 bridgehead atoms. The smallest absolute Gasteiger partial charge is 0.306 e. The molecule has 0 radical (unpaired) electrons. The number of benzene rings is 1. The second-order valence-corrected chi connectivity index (χ2v) is 12.2. The van der Waals surface area contributed by atoms with Gasteiger partial charge in [-0.3, -0.25) is 4.79 Å². The highest BCUT2D eigenvalue weighted by atomic mass is 32.2. The molecule has 2 N–H and O–H groups in total. The van der Waals surface area contributed by atoms with Gasteiger partial charge in [0.2, 0.25) is 0 Å². The summed E-state index contributed by atoms with van der Waals surface area (Å²) < 4.78 is 12.9. The van der Waals surface area contributed by atoms with Crippen molar-refractivity contribution in [2.24, 2.45) is 0 Å². The first-order valence-electron chi connectivity index (χ1n) is 13.9. The van der Waals surface area contributed by atoms with E-state index in [-0.39, 0.29) is 5.97 Å². The number of anilines is 1. The number of pyridine rings is 1. The topological polar surface area (TPSA) is 92.3 Å². The lowest BCUT2D eigenvalue weighted by atomic mass is 9.81. The van der Waals surface area contributed by atoms with Crippen molar-refractivity contribution in [2.75, 3.05) is 25.2 Å². The van der Waals surface area contributed by atoms with Gasteiger partial charge in [-0.2, -0.15) is 5.10 Å². The van der Waals surface area contributed by atoms with Gasteiger partial charge < -0.3 is 15.2 Å². The summed E-state index contributed by atoms with van der Waals surface area (Å²) in [6.45, 7) is 9.66. The summed E-state index contributed by atoms with van der Waals surface area (Å²) in [5.41, 5.74) is 12.6. The van der Waals surface area contributed by atoms with E-state index in [1.807, 2.05) is 49.7 Å². The number of ether oxygens (including phenoxy) is 2. The molecule has 39 heavy (non-hydrogen) atoms. The van der Waals surface area contributed by atoms with Crippen LogP contribution in [-0.4, -0.2) is 45.2 Å². The number of esters is 1. The van der Waals surface area contributed by atoms with Crippen LogP contribution in [0.1, 0.15) is 89.2 Å². The third-order valence-electron chi connectivity index (χ3n) is 7.28. The third kappa shape index (κ3) is 7.85. The van der Waals surface area contributed by atoms with Crippen molar-refractivity contribution in [3.05, 3.63) is 54.0 Å². The standard InChI is InChI=1S/C31H42N4O3S/c1-21(8-6-7-9-29(36)38-31(2,3)4)27-16-23(10-11-26(27)22-12-14-37-15-13-22)24-17-28(30(32)33-18-24)25-19-34-35(20-25)39-5/h10-11,16-22H,6-9,12-15H2,1-5H3,(H2,32,33). The van der Waals surface area contributed by atoms with Gasteiger partial charge in [-0.05, 0) is 93.0 Å². The number of hydrogen-bond acceptors (Lipinski definition) is 7. The summed E-state index contributed by atoms with van der Waals surface area (Å²) in [6.07, 6.45) is 13.0. The Hall–Kier alpha value is -2.84. The Bertz CT molecular complexity index is 1260. The van der Waals surface area contributed by atoms with Crippen molar-refractivity contribution >= 4 is 23.7 Å². The van der Waals surface area contributed by atoms with E-state index in [4.69, 9.17) is 15.2 Å². The molecule has 2 aromatic heterocycles. The monoisotopic (exact) mass is 550 g/mol. The fraction of sp³-hybridized carbons (Fsp3) is 0.516. The summed E-state index contributed by atoms with van der Waals surface area (Å²) in [6, 6.07) is 8.97. The van der Waals surface area contributed by atoms with E-state index in [1.165, 1.54) is 23.1 Å². The molecule has 0 spiro atoms. The number of unbranched alkanes of at least 4 members (excludes halogenated alkanes) is 1. The average Bonchev–Trinajstić information content (AvgIpc) is 3.40. The molecular weight excluding hydrogens is 508 g/mol. The van der Waals surface area contributed by atoms with Crippen LogP contribution in [0.4, 0.5) is 5.82 Å². The van der Waals surface area contributed by atoms with Crippen LogP contribution in [0.5, 0.6) is 0 Å². The van der Waals surface area contributed by atoms with Gasteiger partial charge in [-0.25, -0.2) is 9.07 Å². The molecular formula is C31H42N4O3S. The van der Waals surface area contributed by atoms with Crippen molar-refractivity contribution in [3.63, 3.8) is 0 Å². The lowest BCUT2D eigenvalue weighted by Crippen LogP contribution is -2.23. The van der Waals surface area contributed by atoms with Crippen molar-refractivity contribution in [1.82, 2.24) is 14.2 Å². The van der Waals surface area contributed by atoms with Gasteiger partial charge in [-0.15, -0.1) is 0 Å². The van der Waals surface area contributed by atoms with Crippen LogP contribution in [0.3, 0.4) is 0 Å². The quantitative estimate of drug-likeness (QED) is 0.210. The lowest BCUT2D eigenvalue weighted by Gasteiger charge is -2.27. The Morgan fingerprint density at radius 1 is 1.15 bits per heavy atom. The summed E-state index contributed by atoms with van der Waals surface area (Å²) >= 11 is 1.53.